The highest BCUT2D eigenvalue weighted by molar-refractivity contribution is 7.89. The number of pyridine rings is 1. The summed E-state index contributed by atoms with van der Waals surface area (Å²) < 4.78 is 28.6. The number of nitrogens with zero attached hydrogens (tertiary/aromatic N) is 2. The van der Waals surface area contributed by atoms with Crippen molar-refractivity contribution in [1.29, 1.82) is 0 Å². The smallest absolute Gasteiger partial charge is 0.243 e. The van der Waals surface area contributed by atoms with Crippen molar-refractivity contribution in [3.05, 3.63) is 47.7 Å². The third-order valence-corrected chi connectivity index (χ3v) is 6.70. The molecule has 2 amide bonds. The minimum absolute atomic E-state index is 0.00813. The van der Waals surface area contributed by atoms with Crippen LogP contribution in [0.2, 0.25) is 0 Å². The predicted molar refractivity (Wildman–Crippen MR) is 119 cm³/mol. The van der Waals surface area contributed by atoms with Crippen LogP contribution in [0.3, 0.4) is 0 Å². The van der Waals surface area contributed by atoms with E-state index in [1.165, 1.54) is 6.07 Å². The number of carbonyl (C=O) groups is 2. The third kappa shape index (κ3) is 5.11. The second-order valence-corrected chi connectivity index (χ2v) is 9.70. The maximum atomic E-state index is 13.0. The van der Waals surface area contributed by atoms with Crippen LogP contribution in [0.4, 0.5) is 11.5 Å². The molecule has 1 aromatic heterocycles. The number of amides is 2. The van der Waals surface area contributed by atoms with Crippen LogP contribution >= 0.6 is 0 Å². The molecule has 1 aliphatic heterocycles. The largest absolute Gasteiger partial charge is 0.312 e. The maximum Gasteiger partial charge on any atom is 0.243 e. The second-order valence-electron chi connectivity index (χ2n) is 7.99. The molecule has 1 atom stereocenters. The topological polar surface area (TPSA) is 108 Å². The molecule has 166 valence electrons. The zero-order valence-electron chi connectivity index (χ0n) is 18.2. The average molecular weight is 445 g/mol. The van der Waals surface area contributed by atoms with Crippen molar-refractivity contribution in [3.63, 3.8) is 0 Å². The zero-order chi connectivity index (χ0) is 22.8. The van der Waals surface area contributed by atoms with E-state index in [0.29, 0.717) is 25.2 Å². The summed E-state index contributed by atoms with van der Waals surface area (Å²) >= 11 is 0. The molecule has 0 fully saturated rings. The number of aryl methyl sites for hydroxylation is 1. The Morgan fingerprint density at radius 3 is 2.58 bits per heavy atom. The molecule has 9 heteroatoms. The van der Waals surface area contributed by atoms with Gasteiger partial charge in [0.1, 0.15) is 11.9 Å². The Labute approximate surface area is 183 Å². The molecule has 0 bridgehead atoms. The minimum atomic E-state index is -3.95. The van der Waals surface area contributed by atoms with Gasteiger partial charge >= 0.3 is 0 Å². The van der Waals surface area contributed by atoms with Crippen molar-refractivity contribution < 1.29 is 18.0 Å². The maximum absolute atomic E-state index is 13.0. The summed E-state index contributed by atoms with van der Waals surface area (Å²) in [6.45, 7) is 7.76. The highest BCUT2D eigenvalue weighted by Crippen LogP contribution is 2.30. The number of carbonyl (C=O) groups excluding carboxylic acids is 2. The second kappa shape index (κ2) is 9.15. The van der Waals surface area contributed by atoms with E-state index in [9.17, 15) is 18.0 Å². The van der Waals surface area contributed by atoms with Crippen LogP contribution in [0.25, 0.3) is 0 Å². The van der Waals surface area contributed by atoms with Crippen LogP contribution in [-0.4, -0.2) is 37.8 Å². The van der Waals surface area contributed by atoms with Gasteiger partial charge in [0, 0.05) is 24.8 Å². The van der Waals surface area contributed by atoms with Crippen molar-refractivity contribution in [2.75, 3.05) is 16.8 Å². The van der Waals surface area contributed by atoms with Crippen molar-refractivity contribution >= 4 is 33.3 Å². The Kier molecular flexibility index (Phi) is 6.76. The molecule has 31 heavy (non-hydrogen) atoms. The lowest BCUT2D eigenvalue weighted by molar-refractivity contribution is -0.119. The molecule has 2 aromatic rings. The first-order valence-electron chi connectivity index (χ1n) is 10.3. The van der Waals surface area contributed by atoms with E-state index in [2.05, 4.69) is 15.0 Å². The van der Waals surface area contributed by atoms with Gasteiger partial charge in [-0.2, -0.15) is 4.72 Å². The van der Waals surface area contributed by atoms with E-state index in [0.717, 1.165) is 16.8 Å². The van der Waals surface area contributed by atoms with E-state index in [1.54, 1.807) is 56.1 Å². The molecular weight excluding hydrogens is 416 g/mol. The third-order valence-electron chi connectivity index (χ3n) is 5.26. The van der Waals surface area contributed by atoms with Gasteiger partial charge in [0.15, 0.2) is 0 Å². The number of benzene rings is 1. The van der Waals surface area contributed by atoms with Gasteiger partial charge in [0.05, 0.1) is 4.90 Å². The molecule has 2 heterocycles. The standard InChI is InChI=1S/C22H28N4O4S/c1-5-20(27)26-11-9-16-13-17(6-7-18(16)26)31(29,30)25-21(14(2)3)22(28)24-19-12-15(4)8-10-23-19/h6-8,10,12-14,21,25H,5,9,11H2,1-4H3,(H,23,24,28)/t21-/m1/s1. The number of nitrogens with one attached hydrogen (secondary N) is 2. The molecule has 0 aliphatic carbocycles. The Morgan fingerprint density at radius 2 is 1.94 bits per heavy atom. The molecule has 8 nitrogen and oxygen atoms in total. The van der Waals surface area contributed by atoms with E-state index in [1.807, 2.05) is 6.92 Å². The molecule has 0 radical (unpaired) electrons. The predicted octanol–water partition coefficient (Wildman–Crippen LogP) is 2.63. The van der Waals surface area contributed by atoms with E-state index in [4.69, 9.17) is 0 Å². The number of aromatic nitrogens is 1. The lowest BCUT2D eigenvalue weighted by Crippen LogP contribution is -2.47. The SMILES string of the molecule is CCC(=O)N1CCc2cc(S(=O)(=O)N[C@@H](C(=O)Nc3cc(C)ccn3)C(C)C)ccc21. The Hall–Kier alpha value is -2.78. The van der Waals surface area contributed by atoms with Crippen LogP contribution in [0, 0.1) is 12.8 Å². The molecule has 0 saturated carbocycles. The van der Waals surface area contributed by atoms with Gasteiger partial charge in [-0.1, -0.05) is 20.8 Å². The Morgan fingerprint density at radius 1 is 1.19 bits per heavy atom. The van der Waals surface area contributed by atoms with Crippen LogP contribution in [0.1, 0.15) is 38.3 Å². The first-order valence-corrected chi connectivity index (χ1v) is 11.8. The number of hydrogen-bond acceptors (Lipinski definition) is 5. The molecule has 1 aromatic carbocycles. The first-order chi connectivity index (χ1) is 14.6. The van der Waals surface area contributed by atoms with Crippen LogP contribution in [0.15, 0.2) is 41.4 Å². The van der Waals surface area contributed by atoms with Crippen LogP contribution < -0.4 is 14.9 Å². The summed E-state index contributed by atoms with van der Waals surface area (Å²) in [6, 6.07) is 7.26. The number of hydrogen-bond donors (Lipinski definition) is 2. The van der Waals surface area contributed by atoms with Gasteiger partial charge in [0.25, 0.3) is 0 Å². The van der Waals surface area contributed by atoms with Gasteiger partial charge in [-0.15, -0.1) is 0 Å². The van der Waals surface area contributed by atoms with Crippen LogP contribution in [0.5, 0.6) is 0 Å². The molecule has 1 aliphatic rings. The Balaban J connectivity index is 1.80. The molecular formula is C22H28N4O4S. The minimum Gasteiger partial charge on any atom is -0.312 e. The fourth-order valence-corrected chi connectivity index (χ4v) is 4.93. The number of fused-ring (bicyclic) bond motifs is 1. The summed E-state index contributed by atoms with van der Waals surface area (Å²) in [5, 5.41) is 2.68. The summed E-state index contributed by atoms with van der Waals surface area (Å²) in [5.74, 6) is -0.383. The van der Waals surface area contributed by atoms with E-state index in [-0.39, 0.29) is 16.7 Å². The number of anilines is 2. The molecule has 0 unspecified atom stereocenters. The monoisotopic (exact) mass is 444 g/mol. The van der Waals surface area contributed by atoms with Crippen LogP contribution in [-0.2, 0) is 26.0 Å². The molecule has 3 rings (SSSR count). The average Bonchev–Trinajstić information content (AvgIpc) is 3.14. The van der Waals surface area contributed by atoms with Crippen molar-refractivity contribution in [2.45, 2.75) is 51.5 Å². The zero-order valence-corrected chi connectivity index (χ0v) is 19.0. The normalized spacial score (nSPS) is 14.4. The summed E-state index contributed by atoms with van der Waals surface area (Å²) in [4.78, 5) is 30.7. The fraction of sp³-hybridized carbons (Fsp3) is 0.409. The van der Waals surface area contributed by atoms with Gasteiger partial charge in [-0.25, -0.2) is 13.4 Å². The summed E-state index contributed by atoms with van der Waals surface area (Å²) in [6.07, 6.45) is 2.57. The van der Waals surface area contributed by atoms with Gasteiger partial charge in [-0.3, -0.25) is 9.59 Å². The lowest BCUT2D eigenvalue weighted by Gasteiger charge is -2.22. The summed E-state index contributed by atoms with van der Waals surface area (Å²) in [7, 11) is -3.95. The first kappa shape index (κ1) is 22.9. The fourth-order valence-electron chi connectivity index (χ4n) is 3.53. The van der Waals surface area contributed by atoms with Gasteiger partial charge < -0.3 is 10.2 Å². The van der Waals surface area contributed by atoms with E-state index >= 15 is 0 Å². The van der Waals surface area contributed by atoms with E-state index < -0.39 is 22.0 Å². The number of rotatable bonds is 7. The summed E-state index contributed by atoms with van der Waals surface area (Å²) in [5.41, 5.74) is 2.48. The highest BCUT2D eigenvalue weighted by atomic mass is 32.2. The molecule has 2 N–H and O–H groups in total. The van der Waals surface area contributed by atoms with Gasteiger partial charge in [0.2, 0.25) is 21.8 Å². The molecule has 0 spiro atoms. The van der Waals surface area contributed by atoms with Crippen molar-refractivity contribution in [1.82, 2.24) is 9.71 Å². The number of sulfonamides is 1. The van der Waals surface area contributed by atoms with Crippen molar-refractivity contribution in [2.24, 2.45) is 5.92 Å². The highest BCUT2D eigenvalue weighted by Gasteiger charge is 2.30. The molecule has 0 saturated heterocycles. The van der Waals surface area contributed by atoms with Gasteiger partial charge in [-0.05, 0) is 60.7 Å². The lowest BCUT2D eigenvalue weighted by atomic mass is 10.1. The van der Waals surface area contributed by atoms with Crippen molar-refractivity contribution in [3.8, 4) is 0 Å². The Bertz CT molecular complexity index is 1100. The quantitative estimate of drug-likeness (QED) is 0.682.